The summed E-state index contributed by atoms with van der Waals surface area (Å²) >= 11 is 0. The third kappa shape index (κ3) is 1.74. The van der Waals surface area contributed by atoms with Crippen molar-refractivity contribution in [3.05, 3.63) is 35.0 Å². The summed E-state index contributed by atoms with van der Waals surface area (Å²) in [6, 6.07) is 10.1. The van der Waals surface area contributed by atoms with Gasteiger partial charge in [0.05, 0.1) is 0 Å². The molecule has 2 aliphatic heterocycles. The van der Waals surface area contributed by atoms with Gasteiger partial charge in [-0.05, 0) is 12.1 Å². The van der Waals surface area contributed by atoms with Crippen molar-refractivity contribution in [1.82, 2.24) is 0 Å². The summed E-state index contributed by atoms with van der Waals surface area (Å²) < 4.78 is 10.8. The highest BCUT2D eigenvalue weighted by Crippen LogP contribution is 2.49. The van der Waals surface area contributed by atoms with Crippen LogP contribution in [0.4, 0.5) is 11.4 Å². The largest absolute Gasteiger partial charge is 0.437 e. The molecule has 0 aromatic heterocycles. The maximum absolute atomic E-state index is 8.87. The minimum absolute atomic E-state index is 0.0217. The molecule has 8 heteroatoms. The Morgan fingerprint density at radius 1 is 0.727 bits per heavy atom. The molecule has 2 heterocycles. The van der Waals surface area contributed by atoms with E-state index in [1.807, 2.05) is 0 Å². The standard InChI is InChI=1S/C14H4N6O2/c15-3-7(4-16)13-19-11-9(21-13)1-2-10-12(11)20-14(22-10)8(5-17)6-18/h1-2,19-20H. The zero-order valence-electron chi connectivity index (χ0n) is 10.8. The van der Waals surface area contributed by atoms with Gasteiger partial charge in [-0.15, -0.1) is 0 Å². The van der Waals surface area contributed by atoms with Crippen LogP contribution in [0, 0.1) is 45.3 Å². The Labute approximate surface area is 124 Å². The van der Waals surface area contributed by atoms with Crippen LogP contribution in [0.1, 0.15) is 0 Å². The summed E-state index contributed by atoms with van der Waals surface area (Å²) in [5.41, 5.74) is 0.519. The van der Waals surface area contributed by atoms with Crippen molar-refractivity contribution in [2.45, 2.75) is 0 Å². The third-order valence-corrected chi connectivity index (χ3v) is 2.93. The number of nitrogens with one attached hydrogen (secondary N) is 2. The monoisotopic (exact) mass is 288 g/mol. The SMILES string of the molecule is N#CC(C#N)=C1Nc2c(ccc3c2NC(=C(C#N)C#N)O3)O1. The Bertz CT molecular complexity index is 821. The molecule has 0 atom stereocenters. The van der Waals surface area contributed by atoms with E-state index in [4.69, 9.17) is 30.5 Å². The molecule has 2 aliphatic rings. The fraction of sp³-hybridized carbons (Fsp3) is 0. The minimum atomic E-state index is -0.200. The van der Waals surface area contributed by atoms with E-state index in [0.29, 0.717) is 22.9 Å². The molecule has 0 fully saturated rings. The Morgan fingerprint density at radius 2 is 1.09 bits per heavy atom. The number of hydrogen-bond donors (Lipinski definition) is 2. The van der Waals surface area contributed by atoms with Gasteiger partial charge in [0.1, 0.15) is 35.7 Å². The fourth-order valence-corrected chi connectivity index (χ4v) is 1.96. The van der Waals surface area contributed by atoms with Crippen molar-refractivity contribution in [2.75, 3.05) is 10.6 Å². The van der Waals surface area contributed by atoms with E-state index in [2.05, 4.69) is 10.6 Å². The van der Waals surface area contributed by atoms with Crippen molar-refractivity contribution in [2.24, 2.45) is 0 Å². The van der Waals surface area contributed by atoms with Gasteiger partial charge in [0.2, 0.25) is 11.8 Å². The van der Waals surface area contributed by atoms with Gasteiger partial charge >= 0.3 is 0 Å². The number of anilines is 2. The van der Waals surface area contributed by atoms with E-state index < -0.39 is 0 Å². The molecule has 1 aromatic rings. The maximum Gasteiger partial charge on any atom is 0.226 e. The molecule has 0 saturated carbocycles. The molecule has 2 N–H and O–H groups in total. The van der Waals surface area contributed by atoms with E-state index in [-0.39, 0.29) is 22.9 Å². The van der Waals surface area contributed by atoms with Crippen molar-refractivity contribution in [1.29, 1.82) is 21.0 Å². The lowest BCUT2D eigenvalue weighted by molar-refractivity contribution is 0.448. The predicted molar refractivity (Wildman–Crippen MR) is 71.4 cm³/mol. The summed E-state index contributed by atoms with van der Waals surface area (Å²) in [5.74, 6) is 0.830. The molecule has 0 saturated heterocycles. The first kappa shape index (κ1) is 12.9. The van der Waals surface area contributed by atoms with Crippen LogP contribution in [0.25, 0.3) is 0 Å². The molecule has 0 amide bonds. The molecule has 22 heavy (non-hydrogen) atoms. The highest BCUT2D eigenvalue weighted by Gasteiger charge is 2.31. The topological polar surface area (TPSA) is 138 Å². The lowest BCUT2D eigenvalue weighted by Gasteiger charge is -2.01. The van der Waals surface area contributed by atoms with Gasteiger partial charge in [-0.1, -0.05) is 0 Å². The van der Waals surface area contributed by atoms with Crippen LogP contribution in [-0.4, -0.2) is 0 Å². The van der Waals surface area contributed by atoms with Crippen LogP contribution in [0.2, 0.25) is 0 Å². The van der Waals surface area contributed by atoms with Gasteiger partial charge in [0.15, 0.2) is 22.6 Å². The zero-order chi connectivity index (χ0) is 15.7. The van der Waals surface area contributed by atoms with Crippen LogP contribution in [-0.2, 0) is 0 Å². The van der Waals surface area contributed by atoms with Crippen LogP contribution in [0.15, 0.2) is 35.0 Å². The molecule has 8 nitrogen and oxygen atoms in total. The van der Waals surface area contributed by atoms with E-state index in [1.54, 1.807) is 36.4 Å². The molecule has 1 aromatic carbocycles. The molecule has 0 spiro atoms. The Kier molecular flexibility index (Phi) is 2.78. The normalized spacial score (nSPS) is 12.7. The second-order valence-electron chi connectivity index (χ2n) is 4.12. The number of ether oxygens (including phenoxy) is 2. The zero-order valence-corrected chi connectivity index (χ0v) is 10.8. The molecule has 0 radical (unpaired) electrons. The Morgan fingerprint density at radius 3 is 1.41 bits per heavy atom. The highest BCUT2D eigenvalue weighted by molar-refractivity contribution is 5.88. The van der Waals surface area contributed by atoms with Crippen LogP contribution in [0.3, 0.4) is 0 Å². The maximum atomic E-state index is 8.87. The molecule has 102 valence electrons. The molecule has 0 aliphatic carbocycles. The van der Waals surface area contributed by atoms with Crippen molar-refractivity contribution < 1.29 is 9.47 Å². The summed E-state index contributed by atoms with van der Waals surface area (Å²) in [7, 11) is 0. The number of benzene rings is 1. The van der Waals surface area contributed by atoms with Gasteiger partial charge in [-0.25, -0.2) is 0 Å². The van der Waals surface area contributed by atoms with Gasteiger partial charge in [-0.2, -0.15) is 21.0 Å². The second kappa shape index (κ2) is 4.76. The van der Waals surface area contributed by atoms with E-state index in [9.17, 15) is 0 Å². The molecule has 0 bridgehead atoms. The highest BCUT2D eigenvalue weighted by atomic mass is 16.5. The lowest BCUT2D eigenvalue weighted by Crippen LogP contribution is -2.03. The molecular weight excluding hydrogens is 284 g/mol. The minimum Gasteiger partial charge on any atom is -0.437 e. The van der Waals surface area contributed by atoms with Gasteiger partial charge in [0, 0.05) is 0 Å². The van der Waals surface area contributed by atoms with Crippen molar-refractivity contribution in [3.63, 3.8) is 0 Å². The first-order valence-electron chi connectivity index (χ1n) is 5.87. The summed E-state index contributed by atoms with van der Waals surface area (Å²) in [5, 5.41) is 41.1. The van der Waals surface area contributed by atoms with Crippen LogP contribution in [0.5, 0.6) is 11.5 Å². The summed E-state index contributed by atoms with van der Waals surface area (Å²) in [6.07, 6.45) is 0. The van der Waals surface area contributed by atoms with Crippen LogP contribution < -0.4 is 20.1 Å². The summed E-state index contributed by atoms with van der Waals surface area (Å²) in [4.78, 5) is 0. The quantitative estimate of drug-likeness (QED) is 0.689. The first-order valence-corrected chi connectivity index (χ1v) is 5.87. The van der Waals surface area contributed by atoms with Crippen molar-refractivity contribution in [3.8, 4) is 35.8 Å². The van der Waals surface area contributed by atoms with Crippen molar-refractivity contribution >= 4 is 11.4 Å². The lowest BCUT2D eigenvalue weighted by atomic mass is 10.2. The van der Waals surface area contributed by atoms with E-state index in [1.165, 1.54) is 0 Å². The average molecular weight is 288 g/mol. The Hall–Kier alpha value is -4.14. The van der Waals surface area contributed by atoms with Crippen LogP contribution >= 0.6 is 0 Å². The average Bonchev–Trinajstić information content (AvgIpc) is 3.13. The third-order valence-electron chi connectivity index (χ3n) is 2.93. The first-order chi connectivity index (χ1) is 10.7. The predicted octanol–water partition coefficient (Wildman–Crippen LogP) is 1.81. The summed E-state index contributed by atoms with van der Waals surface area (Å²) in [6.45, 7) is 0. The van der Waals surface area contributed by atoms with E-state index >= 15 is 0 Å². The fourth-order valence-electron chi connectivity index (χ4n) is 1.96. The van der Waals surface area contributed by atoms with Gasteiger partial charge in [-0.3, -0.25) is 0 Å². The number of hydrogen-bond acceptors (Lipinski definition) is 8. The number of allylic oxidation sites excluding steroid dienone is 2. The number of nitriles is 4. The number of rotatable bonds is 0. The molecule has 3 rings (SSSR count). The molecule has 0 unspecified atom stereocenters. The Balaban J connectivity index is 2.06. The molecular formula is C14H4N6O2. The number of nitrogens with zero attached hydrogens (tertiary/aromatic N) is 4. The number of fused-ring (bicyclic) bond motifs is 3. The second-order valence-corrected chi connectivity index (χ2v) is 4.12. The smallest absolute Gasteiger partial charge is 0.226 e. The van der Waals surface area contributed by atoms with E-state index in [0.717, 1.165) is 0 Å². The van der Waals surface area contributed by atoms with Gasteiger partial charge < -0.3 is 20.1 Å². The van der Waals surface area contributed by atoms with Gasteiger partial charge in [0.25, 0.3) is 0 Å².